The molecule has 1 aromatic rings. The highest BCUT2D eigenvalue weighted by Gasteiger charge is 2.21. The molecule has 0 aromatic heterocycles. The molecule has 0 aliphatic rings. The van der Waals surface area contributed by atoms with Gasteiger partial charge in [-0.25, -0.2) is 0 Å². The number of nitrogens with zero attached hydrogens (tertiary/aromatic N) is 1. The monoisotopic (exact) mass is 277 g/mol. The van der Waals surface area contributed by atoms with Crippen molar-refractivity contribution in [2.24, 2.45) is 0 Å². The molecule has 0 heterocycles. The Hall–Kier alpha value is -1.19. The molecular weight excluding hydrogens is 250 g/mol. The lowest BCUT2D eigenvalue weighted by atomic mass is 10.0. The van der Waals surface area contributed by atoms with Crippen LogP contribution in [0.4, 0.5) is 0 Å². The van der Waals surface area contributed by atoms with Gasteiger partial charge in [-0.15, -0.1) is 0 Å². The molecule has 112 valence electrons. The lowest BCUT2D eigenvalue weighted by molar-refractivity contribution is -0.123. The maximum Gasteiger partial charge on any atom is 0.158 e. The quantitative estimate of drug-likeness (QED) is 0.683. The first kappa shape index (κ1) is 16.9. The zero-order chi connectivity index (χ0) is 15.0. The molecule has 3 nitrogen and oxygen atoms in total. The smallest absolute Gasteiger partial charge is 0.158 e. The first-order valence-electron chi connectivity index (χ1n) is 7.32. The molecule has 0 saturated heterocycles. The maximum atomic E-state index is 11.2. The molecule has 20 heavy (non-hydrogen) atoms. The fourth-order valence-electron chi connectivity index (χ4n) is 1.92. The first-order valence-corrected chi connectivity index (χ1v) is 7.32. The third-order valence-corrected chi connectivity index (χ3v) is 3.33. The second-order valence-corrected chi connectivity index (χ2v) is 6.02. The van der Waals surface area contributed by atoms with Gasteiger partial charge in [0.1, 0.15) is 6.61 Å². The summed E-state index contributed by atoms with van der Waals surface area (Å²) >= 11 is 0. The number of ketones is 1. The minimum absolute atomic E-state index is 0.0773. The van der Waals surface area contributed by atoms with Gasteiger partial charge in [0.2, 0.25) is 0 Å². The van der Waals surface area contributed by atoms with Crippen molar-refractivity contribution in [3.63, 3.8) is 0 Å². The number of carbonyl (C=O) groups is 1. The van der Waals surface area contributed by atoms with Gasteiger partial charge in [0.25, 0.3) is 0 Å². The van der Waals surface area contributed by atoms with E-state index in [1.165, 1.54) is 5.56 Å². The fourth-order valence-corrected chi connectivity index (χ4v) is 1.92. The molecule has 0 aliphatic carbocycles. The van der Waals surface area contributed by atoms with Crippen LogP contribution in [0.15, 0.2) is 30.3 Å². The topological polar surface area (TPSA) is 29.5 Å². The van der Waals surface area contributed by atoms with E-state index in [0.717, 1.165) is 13.1 Å². The van der Waals surface area contributed by atoms with Crippen molar-refractivity contribution < 1.29 is 9.53 Å². The number of hydrogen-bond acceptors (Lipinski definition) is 3. The van der Waals surface area contributed by atoms with Crippen molar-refractivity contribution in [3.8, 4) is 0 Å². The molecule has 0 radical (unpaired) electrons. The molecule has 0 aliphatic heterocycles. The number of ether oxygens (including phenoxy) is 1. The molecule has 0 saturated carbocycles. The Morgan fingerprint density at radius 1 is 1.20 bits per heavy atom. The summed E-state index contributed by atoms with van der Waals surface area (Å²) in [5.74, 6) is 0.162. The van der Waals surface area contributed by atoms with Gasteiger partial charge in [-0.05, 0) is 26.3 Å². The third kappa shape index (κ3) is 6.31. The van der Waals surface area contributed by atoms with Crippen molar-refractivity contribution in [1.82, 2.24) is 4.90 Å². The van der Waals surface area contributed by atoms with E-state index in [1.807, 2.05) is 13.0 Å². The van der Waals surface area contributed by atoms with Crippen molar-refractivity contribution in [2.45, 2.75) is 46.2 Å². The summed E-state index contributed by atoms with van der Waals surface area (Å²) in [5.41, 5.74) is 1.38. The van der Waals surface area contributed by atoms with Crippen LogP contribution in [0.1, 0.15) is 39.7 Å². The van der Waals surface area contributed by atoms with Crippen molar-refractivity contribution in [2.75, 3.05) is 19.8 Å². The minimum atomic E-state index is 0.0773. The Kier molecular flexibility index (Phi) is 6.89. The average Bonchev–Trinajstić information content (AvgIpc) is 2.41. The van der Waals surface area contributed by atoms with Gasteiger partial charge in [0.15, 0.2) is 5.78 Å². The molecule has 0 spiro atoms. The number of hydrogen-bond donors (Lipinski definition) is 0. The fraction of sp³-hybridized carbons (Fsp3) is 0.588. The highest BCUT2D eigenvalue weighted by Crippen LogP contribution is 2.16. The van der Waals surface area contributed by atoms with E-state index in [-0.39, 0.29) is 17.9 Å². The van der Waals surface area contributed by atoms with Crippen molar-refractivity contribution >= 4 is 5.78 Å². The van der Waals surface area contributed by atoms with Crippen LogP contribution in [-0.2, 0) is 16.1 Å². The summed E-state index contributed by atoms with van der Waals surface area (Å²) in [6.07, 6.45) is 0.549. The van der Waals surface area contributed by atoms with Crippen LogP contribution < -0.4 is 0 Å². The van der Waals surface area contributed by atoms with Crippen LogP contribution in [0.2, 0.25) is 0 Å². The third-order valence-electron chi connectivity index (χ3n) is 3.33. The largest absolute Gasteiger partial charge is 0.372 e. The predicted octanol–water partition coefficient (Wildman–Crippen LogP) is 3.28. The molecule has 3 heteroatoms. The van der Waals surface area contributed by atoms with Gasteiger partial charge < -0.3 is 4.74 Å². The second-order valence-electron chi connectivity index (χ2n) is 6.02. The van der Waals surface area contributed by atoms with Crippen LogP contribution in [0, 0.1) is 0 Å². The molecular formula is C17H27NO2. The van der Waals surface area contributed by atoms with Gasteiger partial charge >= 0.3 is 0 Å². The Morgan fingerprint density at radius 2 is 1.85 bits per heavy atom. The number of rotatable bonds is 8. The Labute approximate surface area is 122 Å². The first-order chi connectivity index (χ1) is 9.43. The van der Waals surface area contributed by atoms with Crippen LogP contribution in [-0.4, -0.2) is 36.0 Å². The predicted molar refractivity (Wildman–Crippen MR) is 82.7 cm³/mol. The summed E-state index contributed by atoms with van der Waals surface area (Å²) in [6, 6.07) is 10.4. The Morgan fingerprint density at radius 3 is 2.40 bits per heavy atom. The summed E-state index contributed by atoms with van der Waals surface area (Å²) in [5, 5.41) is 0. The van der Waals surface area contributed by atoms with Gasteiger partial charge in [-0.2, -0.15) is 0 Å². The van der Waals surface area contributed by atoms with Gasteiger partial charge in [-0.3, -0.25) is 9.69 Å². The van der Waals surface area contributed by atoms with Crippen molar-refractivity contribution in [3.05, 3.63) is 35.9 Å². The van der Waals surface area contributed by atoms with E-state index in [2.05, 4.69) is 49.9 Å². The molecule has 1 rings (SSSR count). The van der Waals surface area contributed by atoms with E-state index in [1.54, 1.807) is 0 Å². The van der Waals surface area contributed by atoms with Crippen LogP contribution in [0.5, 0.6) is 0 Å². The molecule has 0 fully saturated rings. The number of carbonyl (C=O) groups excluding carboxylic acids is 1. The summed E-state index contributed by atoms with van der Waals surface area (Å²) in [7, 11) is 0. The SMILES string of the molecule is CCC(=O)COCCN(Cc1ccccc1)C(C)(C)C. The number of Topliss-reactive ketones (excluding diaryl/α,β-unsaturated/α-hetero) is 1. The summed E-state index contributed by atoms with van der Waals surface area (Å²) in [4.78, 5) is 13.6. The molecule has 1 aromatic carbocycles. The van der Waals surface area contributed by atoms with E-state index in [9.17, 15) is 4.79 Å². The van der Waals surface area contributed by atoms with E-state index in [4.69, 9.17) is 4.74 Å². The van der Waals surface area contributed by atoms with Crippen molar-refractivity contribution in [1.29, 1.82) is 0 Å². The van der Waals surface area contributed by atoms with Gasteiger partial charge in [0, 0.05) is 25.0 Å². The zero-order valence-corrected chi connectivity index (χ0v) is 13.2. The summed E-state index contributed by atoms with van der Waals surface area (Å²) in [6.45, 7) is 11.0. The average molecular weight is 277 g/mol. The van der Waals surface area contributed by atoms with E-state index >= 15 is 0 Å². The van der Waals surface area contributed by atoms with Crippen LogP contribution in [0.25, 0.3) is 0 Å². The van der Waals surface area contributed by atoms with Gasteiger partial charge in [-0.1, -0.05) is 37.3 Å². The minimum Gasteiger partial charge on any atom is -0.372 e. The highest BCUT2D eigenvalue weighted by molar-refractivity contribution is 5.79. The van der Waals surface area contributed by atoms with Crippen LogP contribution in [0.3, 0.4) is 0 Å². The Bertz CT molecular complexity index is 395. The van der Waals surface area contributed by atoms with E-state index < -0.39 is 0 Å². The standard InChI is InChI=1S/C17H27NO2/c1-5-16(19)14-20-12-11-18(17(2,3)4)13-15-9-7-6-8-10-15/h6-10H,5,11-14H2,1-4H3. The maximum absolute atomic E-state index is 11.2. The summed E-state index contributed by atoms with van der Waals surface area (Å²) < 4.78 is 5.46. The molecule has 0 atom stereocenters. The molecule has 0 bridgehead atoms. The van der Waals surface area contributed by atoms with Crippen LogP contribution >= 0.6 is 0 Å². The lowest BCUT2D eigenvalue weighted by Gasteiger charge is -2.35. The highest BCUT2D eigenvalue weighted by atomic mass is 16.5. The number of benzene rings is 1. The normalized spacial score (nSPS) is 11.8. The lowest BCUT2D eigenvalue weighted by Crippen LogP contribution is -2.42. The zero-order valence-electron chi connectivity index (χ0n) is 13.2. The molecule has 0 N–H and O–H groups in total. The van der Waals surface area contributed by atoms with E-state index in [0.29, 0.717) is 13.0 Å². The van der Waals surface area contributed by atoms with Gasteiger partial charge in [0.05, 0.1) is 6.61 Å². The Balaban J connectivity index is 2.47. The second kappa shape index (κ2) is 8.18. The molecule has 0 amide bonds. The molecule has 0 unspecified atom stereocenters.